The van der Waals surface area contributed by atoms with Gasteiger partial charge in [-0.3, -0.25) is 4.79 Å². The first-order chi connectivity index (χ1) is 15.1. The van der Waals surface area contributed by atoms with Crippen molar-refractivity contribution < 1.29 is 14.3 Å². The smallest absolute Gasteiger partial charge is 0.264 e. The van der Waals surface area contributed by atoms with Gasteiger partial charge in [-0.2, -0.15) is 0 Å². The maximum absolute atomic E-state index is 13.2. The summed E-state index contributed by atoms with van der Waals surface area (Å²) >= 11 is 3.21. The summed E-state index contributed by atoms with van der Waals surface area (Å²) in [5.74, 6) is 0.900. The number of aryl methyl sites for hydroxylation is 2. The molecule has 0 spiro atoms. The maximum Gasteiger partial charge on any atom is 0.264 e. The largest absolute Gasteiger partial charge is 0.493 e. The van der Waals surface area contributed by atoms with Gasteiger partial charge >= 0.3 is 0 Å². The number of carbonyl (C=O) groups excluding carboxylic acids is 1. The number of thiophene rings is 1. The average Bonchev–Trinajstić information content (AvgIpc) is 3.51. The Bertz CT molecular complexity index is 1010. The molecule has 1 aliphatic heterocycles. The van der Waals surface area contributed by atoms with Crippen molar-refractivity contribution in [3.05, 3.63) is 67.8 Å². The topological polar surface area (TPSA) is 51.7 Å². The van der Waals surface area contributed by atoms with Gasteiger partial charge in [0.1, 0.15) is 5.75 Å². The molecule has 2 aromatic heterocycles. The Balaban J connectivity index is 1.42. The van der Waals surface area contributed by atoms with E-state index in [1.54, 1.807) is 22.7 Å². The summed E-state index contributed by atoms with van der Waals surface area (Å²) in [6.07, 6.45) is 3.04. The molecule has 0 unspecified atom stereocenters. The fraction of sp³-hybridized carbons (Fsp3) is 0.417. The molecule has 1 fully saturated rings. The number of amides is 1. The molecule has 0 aliphatic carbocycles. The van der Waals surface area contributed by atoms with Crippen LogP contribution in [0.1, 0.15) is 43.5 Å². The number of ether oxygens (including phenoxy) is 2. The third-order valence-electron chi connectivity index (χ3n) is 5.40. The van der Waals surface area contributed by atoms with E-state index in [1.165, 1.54) is 4.88 Å². The zero-order valence-corrected chi connectivity index (χ0v) is 19.6. The highest BCUT2D eigenvalue weighted by molar-refractivity contribution is 7.13. The summed E-state index contributed by atoms with van der Waals surface area (Å²) in [7, 11) is 0. The summed E-state index contributed by atoms with van der Waals surface area (Å²) in [4.78, 5) is 22.6. The summed E-state index contributed by atoms with van der Waals surface area (Å²) in [5.41, 5.74) is 4.01. The lowest BCUT2D eigenvalue weighted by molar-refractivity contribution is 0.0510. The number of carbonyl (C=O) groups is 1. The quantitative estimate of drug-likeness (QED) is 0.440. The van der Waals surface area contributed by atoms with E-state index in [4.69, 9.17) is 9.47 Å². The van der Waals surface area contributed by atoms with Gasteiger partial charge in [0, 0.05) is 35.9 Å². The third kappa shape index (κ3) is 5.93. The predicted octanol–water partition coefficient (Wildman–Crippen LogP) is 5.26. The van der Waals surface area contributed by atoms with Crippen molar-refractivity contribution in [1.29, 1.82) is 0 Å². The number of nitrogens with zero attached hydrogens (tertiary/aromatic N) is 2. The molecule has 1 aromatic carbocycles. The van der Waals surface area contributed by atoms with E-state index in [0.717, 1.165) is 52.6 Å². The van der Waals surface area contributed by atoms with Gasteiger partial charge in [0.15, 0.2) is 0 Å². The summed E-state index contributed by atoms with van der Waals surface area (Å²) in [5, 5.41) is 0. The average molecular weight is 457 g/mol. The molecule has 0 N–H and O–H groups in total. The molecule has 5 nitrogen and oxygen atoms in total. The number of hydrogen-bond acceptors (Lipinski definition) is 6. The van der Waals surface area contributed by atoms with Crippen LogP contribution in [0.3, 0.4) is 0 Å². The van der Waals surface area contributed by atoms with Gasteiger partial charge in [0.2, 0.25) is 0 Å². The van der Waals surface area contributed by atoms with Gasteiger partial charge in [-0.15, -0.1) is 22.7 Å². The standard InChI is InChI=1S/C24H28N2O3S2/c1-17-8-9-23(31-17)24(27)26(15-21-7-4-11-28-21)14-19-5-3-6-20(13-19)29-12-10-22-18(2)25-16-30-22/h3,5-6,8-9,13,16,21H,4,7,10-12,14-15H2,1-2H3/t21-/m1/s1. The zero-order chi connectivity index (χ0) is 21.6. The third-order valence-corrected chi connectivity index (χ3v) is 7.38. The van der Waals surface area contributed by atoms with Crippen molar-refractivity contribution >= 4 is 28.6 Å². The van der Waals surface area contributed by atoms with E-state index < -0.39 is 0 Å². The maximum atomic E-state index is 13.2. The highest BCUT2D eigenvalue weighted by atomic mass is 32.1. The molecular formula is C24H28N2O3S2. The first-order valence-corrected chi connectivity index (χ1v) is 12.4. The second kappa shape index (κ2) is 10.4. The number of rotatable bonds is 9. The molecule has 3 aromatic rings. The van der Waals surface area contributed by atoms with Crippen LogP contribution < -0.4 is 4.74 Å². The normalized spacial score (nSPS) is 15.9. The predicted molar refractivity (Wildman–Crippen MR) is 125 cm³/mol. The number of aromatic nitrogens is 1. The van der Waals surface area contributed by atoms with Crippen LogP contribution in [0.2, 0.25) is 0 Å². The van der Waals surface area contributed by atoms with Crippen LogP contribution in [-0.2, 0) is 17.7 Å². The highest BCUT2D eigenvalue weighted by Crippen LogP contribution is 2.23. The van der Waals surface area contributed by atoms with Crippen LogP contribution in [0, 0.1) is 13.8 Å². The Kier molecular flexibility index (Phi) is 7.37. The molecule has 1 amide bonds. The first kappa shape index (κ1) is 22.0. The van der Waals surface area contributed by atoms with Gasteiger partial charge in [0.05, 0.1) is 28.8 Å². The van der Waals surface area contributed by atoms with Gasteiger partial charge in [-0.25, -0.2) is 4.98 Å². The Hall–Kier alpha value is -2.22. The minimum absolute atomic E-state index is 0.0700. The van der Waals surface area contributed by atoms with Crippen molar-refractivity contribution in [2.75, 3.05) is 19.8 Å². The van der Waals surface area contributed by atoms with Crippen LogP contribution >= 0.6 is 22.7 Å². The molecule has 0 saturated carbocycles. The Labute approximate surface area is 191 Å². The van der Waals surface area contributed by atoms with Crippen LogP contribution in [0.5, 0.6) is 5.75 Å². The molecule has 0 bridgehead atoms. The minimum Gasteiger partial charge on any atom is -0.493 e. The van der Waals surface area contributed by atoms with Crippen LogP contribution in [0.4, 0.5) is 0 Å². The molecule has 1 atom stereocenters. The molecule has 1 aliphatic rings. The monoisotopic (exact) mass is 456 g/mol. The number of benzene rings is 1. The van der Waals surface area contributed by atoms with Crippen LogP contribution in [0.15, 0.2) is 41.9 Å². The van der Waals surface area contributed by atoms with Gasteiger partial charge in [0.25, 0.3) is 5.91 Å². The van der Waals surface area contributed by atoms with Gasteiger partial charge < -0.3 is 14.4 Å². The SMILES string of the molecule is Cc1ccc(C(=O)N(Cc2cccc(OCCc3scnc3C)c2)C[C@H]2CCCO2)s1. The van der Waals surface area contributed by atoms with Crippen molar-refractivity contribution in [3.63, 3.8) is 0 Å². The molecule has 0 radical (unpaired) electrons. The summed E-state index contributed by atoms with van der Waals surface area (Å²) in [6, 6.07) is 12.0. The number of thiazole rings is 1. The first-order valence-electron chi connectivity index (χ1n) is 10.7. The fourth-order valence-electron chi connectivity index (χ4n) is 3.74. The van der Waals surface area contributed by atoms with Gasteiger partial charge in [-0.1, -0.05) is 12.1 Å². The van der Waals surface area contributed by atoms with Crippen molar-refractivity contribution in [3.8, 4) is 5.75 Å². The molecular weight excluding hydrogens is 428 g/mol. The van der Waals surface area contributed by atoms with E-state index in [2.05, 4.69) is 11.1 Å². The van der Waals surface area contributed by atoms with Crippen molar-refractivity contribution in [2.45, 2.75) is 45.8 Å². The Morgan fingerprint density at radius 2 is 2.19 bits per heavy atom. The molecule has 7 heteroatoms. The second-order valence-corrected chi connectivity index (χ2v) is 10.1. The van der Waals surface area contributed by atoms with E-state index in [-0.39, 0.29) is 12.0 Å². The molecule has 3 heterocycles. The van der Waals surface area contributed by atoms with Crippen molar-refractivity contribution in [2.24, 2.45) is 0 Å². The molecule has 4 rings (SSSR count). The zero-order valence-electron chi connectivity index (χ0n) is 18.0. The molecule has 1 saturated heterocycles. The van der Waals surface area contributed by atoms with E-state index in [1.807, 2.05) is 54.6 Å². The second-order valence-electron chi connectivity index (χ2n) is 7.84. The molecule has 31 heavy (non-hydrogen) atoms. The van der Waals surface area contributed by atoms with Crippen LogP contribution in [-0.4, -0.2) is 41.7 Å². The Morgan fingerprint density at radius 3 is 2.90 bits per heavy atom. The summed E-state index contributed by atoms with van der Waals surface area (Å²) in [6.45, 7) is 6.61. The van der Waals surface area contributed by atoms with E-state index in [0.29, 0.717) is 19.7 Å². The highest BCUT2D eigenvalue weighted by Gasteiger charge is 2.24. The number of hydrogen-bond donors (Lipinski definition) is 0. The molecule has 164 valence electrons. The van der Waals surface area contributed by atoms with Crippen LogP contribution in [0.25, 0.3) is 0 Å². The van der Waals surface area contributed by atoms with Crippen molar-refractivity contribution in [1.82, 2.24) is 9.88 Å². The summed E-state index contributed by atoms with van der Waals surface area (Å²) < 4.78 is 11.8. The lowest BCUT2D eigenvalue weighted by Gasteiger charge is -2.25. The Morgan fingerprint density at radius 1 is 1.29 bits per heavy atom. The fourth-order valence-corrected chi connectivity index (χ4v) is 5.34. The lowest BCUT2D eigenvalue weighted by Crippen LogP contribution is -2.36. The van der Waals surface area contributed by atoms with Gasteiger partial charge in [-0.05, 0) is 56.5 Å². The van der Waals surface area contributed by atoms with E-state index in [9.17, 15) is 4.79 Å². The lowest BCUT2D eigenvalue weighted by atomic mass is 10.1. The van der Waals surface area contributed by atoms with E-state index >= 15 is 0 Å². The minimum atomic E-state index is 0.0700.